The van der Waals surface area contributed by atoms with Gasteiger partial charge in [0.05, 0.1) is 0 Å². The summed E-state index contributed by atoms with van der Waals surface area (Å²) in [7, 11) is -3.44. The van der Waals surface area contributed by atoms with E-state index in [1.54, 1.807) is 22.4 Å². The fraction of sp³-hybridized carbons (Fsp3) is 0.500. The van der Waals surface area contributed by atoms with Crippen molar-refractivity contribution in [2.24, 2.45) is 0 Å². The molecule has 25 heavy (non-hydrogen) atoms. The first kappa shape index (κ1) is 16.7. The lowest BCUT2D eigenvalue weighted by atomic mass is 10.1. The van der Waals surface area contributed by atoms with Crippen molar-refractivity contribution in [2.75, 3.05) is 26.2 Å². The van der Waals surface area contributed by atoms with Gasteiger partial charge in [-0.2, -0.15) is 9.40 Å². The van der Waals surface area contributed by atoms with Gasteiger partial charge in [0.15, 0.2) is 5.69 Å². The Kier molecular flexibility index (Phi) is 4.38. The second kappa shape index (κ2) is 6.54. The lowest BCUT2D eigenvalue weighted by Crippen LogP contribution is -2.50. The summed E-state index contributed by atoms with van der Waals surface area (Å²) >= 11 is 1.22. The first-order valence-electron chi connectivity index (χ1n) is 8.45. The molecule has 2 aliphatic rings. The normalized spacial score (nSPS) is 19.0. The average Bonchev–Trinajstić information content (AvgIpc) is 3.31. The van der Waals surface area contributed by atoms with E-state index < -0.39 is 10.0 Å². The van der Waals surface area contributed by atoms with Gasteiger partial charge in [0.2, 0.25) is 0 Å². The highest BCUT2D eigenvalue weighted by molar-refractivity contribution is 7.91. The molecule has 2 aliphatic heterocycles. The van der Waals surface area contributed by atoms with E-state index in [0.29, 0.717) is 36.1 Å². The number of carbonyl (C=O) groups excluding carboxylic acids is 1. The maximum atomic E-state index is 12.7. The Hall–Kier alpha value is -1.71. The minimum Gasteiger partial charge on any atom is -0.335 e. The molecule has 0 N–H and O–H groups in total. The molecule has 1 amide bonds. The maximum absolute atomic E-state index is 12.7. The van der Waals surface area contributed by atoms with Crippen LogP contribution in [0.1, 0.15) is 29.0 Å². The van der Waals surface area contributed by atoms with Crippen LogP contribution in [0.2, 0.25) is 0 Å². The zero-order chi connectivity index (χ0) is 17.4. The topological polar surface area (TPSA) is 75.5 Å². The number of hydrogen-bond donors (Lipinski definition) is 0. The van der Waals surface area contributed by atoms with Crippen LogP contribution in [0.25, 0.3) is 0 Å². The van der Waals surface area contributed by atoms with E-state index in [1.165, 1.54) is 15.6 Å². The largest absolute Gasteiger partial charge is 0.335 e. The van der Waals surface area contributed by atoms with Gasteiger partial charge in [0, 0.05) is 38.4 Å². The van der Waals surface area contributed by atoms with E-state index in [-0.39, 0.29) is 5.91 Å². The second-order valence-electron chi connectivity index (χ2n) is 6.33. The van der Waals surface area contributed by atoms with Crippen molar-refractivity contribution in [3.8, 4) is 0 Å². The van der Waals surface area contributed by atoms with Crippen molar-refractivity contribution in [3.63, 3.8) is 0 Å². The van der Waals surface area contributed by atoms with Crippen LogP contribution < -0.4 is 0 Å². The highest BCUT2D eigenvalue weighted by Gasteiger charge is 2.31. The Morgan fingerprint density at radius 1 is 1.12 bits per heavy atom. The predicted octanol–water partition coefficient (Wildman–Crippen LogP) is 1.43. The van der Waals surface area contributed by atoms with Crippen molar-refractivity contribution in [3.05, 3.63) is 35.0 Å². The van der Waals surface area contributed by atoms with Crippen LogP contribution in [0, 0.1) is 0 Å². The first-order valence-corrected chi connectivity index (χ1v) is 10.8. The average molecular weight is 380 g/mol. The monoisotopic (exact) mass is 380 g/mol. The van der Waals surface area contributed by atoms with E-state index in [2.05, 4.69) is 5.10 Å². The Morgan fingerprint density at radius 2 is 1.92 bits per heavy atom. The van der Waals surface area contributed by atoms with Crippen molar-refractivity contribution in [2.45, 2.75) is 30.0 Å². The fourth-order valence-corrected chi connectivity index (χ4v) is 5.92. The van der Waals surface area contributed by atoms with Gasteiger partial charge in [-0.1, -0.05) is 6.07 Å². The molecule has 1 saturated heterocycles. The van der Waals surface area contributed by atoms with Gasteiger partial charge in [-0.25, -0.2) is 8.42 Å². The molecule has 0 aromatic carbocycles. The first-order chi connectivity index (χ1) is 12.1. The van der Waals surface area contributed by atoms with Crippen LogP contribution in [0.15, 0.2) is 27.8 Å². The highest BCUT2D eigenvalue weighted by Crippen LogP contribution is 2.23. The van der Waals surface area contributed by atoms with Crippen molar-refractivity contribution >= 4 is 27.3 Å². The van der Waals surface area contributed by atoms with Crippen LogP contribution in [0.4, 0.5) is 0 Å². The number of sulfonamides is 1. The molecule has 1 fully saturated rings. The van der Waals surface area contributed by atoms with Crippen molar-refractivity contribution < 1.29 is 13.2 Å². The molecule has 7 nitrogen and oxygen atoms in total. The molecule has 0 unspecified atom stereocenters. The Balaban J connectivity index is 1.43. The van der Waals surface area contributed by atoms with E-state index in [0.717, 1.165) is 31.5 Å². The van der Waals surface area contributed by atoms with Crippen LogP contribution in [-0.4, -0.2) is 59.5 Å². The molecule has 4 rings (SSSR count). The van der Waals surface area contributed by atoms with Crippen LogP contribution in [0.3, 0.4) is 0 Å². The smallest absolute Gasteiger partial charge is 0.274 e. The fourth-order valence-electron chi connectivity index (χ4n) is 3.35. The Morgan fingerprint density at radius 3 is 2.60 bits per heavy atom. The Labute approximate surface area is 150 Å². The van der Waals surface area contributed by atoms with Crippen molar-refractivity contribution in [1.82, 2.24) is 19.0 Å². The number of piperazine rings is 1. The summed E-state index contributed by atoms with van der Waals surface area (Å²) in [6.07, 6.45) is 3.20. The molecule has 9 heteroatoms. The molecular weight excluding hydrogens is 360 g/mol. The van der Waals surface area contributed by atoms with Crippen LogP contribution in [-0.2, 0) is 23.0 Å². The van der Waals surface area contributed by atoms with Crippen molar-refractivity contribution in [1.29, 1.82) is 0 Å². The van der Waals surface area contributed by atoms with E-state index in [1.807, 2.05) is 10.7 Å². The summed E-state index contributed by atoms with van der Waals surface area (Å²) in [5.74, 6) is -0.102. The summed E-state index contributed by atoms with van der Waals surface area (Å²) in [4.78, 5) is 14.4. The summed E-state index contributed by atoms with van der Waals surface area (Å²) in [6.45, 7) is 2.30. The zero-order valence-electron chi connectivity index (χ0n) is 13.8. The molecule has 0 spiro atoms. The molecule has 4 heterocycles. The van der Waals surface area contributed by atoms with Gasteiger partial charge >= 0.3 is 0 Å². The molecule has 0 atom stereocenters. The number of aromatic nitrogens is 2. The number of amides is 1. The van der Waals surface area contributed by atoms with E-state index >= 15 is 0 Å². The lowest BCUT2D eigenvalue weighted by Gasteiger charge is -2.33. The second-order valence-corrected chi connectivity index (χ2v) is 9.44. The number of hydrogen-bond acceptors (Lipinski definition) is 5. The summed E-state index contributed by atoms with van der Waals surface area (Å²) in [5, 5.41) is 6.19. The standard InChI is InChI=1S/C16H20N4O3S2/c21-16(14-12-13-4-1-2-6-20(13)17-14)18-7-9-19(10-8-18)25(22,23)15-5-3-11-24-15/h3,5,11-12H,1-2,4,6-10H2. The number of thiophene rings is 1. The third-order valence-corrected chi connectivity index (χ3v) is 8.02. The van der Waals surface area contributed by atoms with Crippen LogP contribution in [0.5, 0.6) is 0 Å². The van der Waals surface area contributed by atoms with Gasteiger partial charge in [-0.05, 0) is 36.8 Å². The molecule has 0 bridgehead atoms. The minimum absolute atomic E-state index is 0.102. The maximum Gasteiger partial charge on any atom is 0.274 e. The molecule has 2 aromatic rings. The van der Waals surface area contributed by atoms with E-state index in [9.17, 15) is 13.2 Å². The van der Waals surface area contributed by atoms with Gasteiger partial charge in [-0.15, -0.1) is 11.3 Å². The number of nitrogens with zero attached hydrogens (tertiary/aromatic N) is 4. The lowest BCUT2D eigenvalue weighted by molar-refractivity contribution is 0.0691. The third kappa shape index (κ3) is 3.11. The third-order valence-electron chi connectivity index (χ3n) is 4.75. The minimum atomic E-state index is -3.44. The molecule has 0 aliphatic carbocycles. The summed E-state index contributed by atoms with van der Waals surface area (Å²) in [6, 6.07) is 5.24. The number of aryl methyl sites for hydroxylation is 2. The SMILES string of the molecule is O=C(c1cc2n(n1)CCCC2)N1CCN(S(=O)(=O)c2cccs2)CC1. The van der Waals surface area contributed by atoms with Gasteiger partial charge in [0.1, 0.15) is 4.21 Å². The summed E-state index contributed by atoms with van der Waals surface area (Å²) in [5.41, 5.74) is 1.60. The van der Waals surface area contributed by atoms with Gasteiger partial charge in [-0.3, -0.25) is 9.48 Å². The molecule has 134 valence electrons. The van der Waals surface area contributed by atoms with Gasteiger partial charge in [0.25, 0.3) is 15.9 Å². The number of fused-ring (bicyclic) bond motifs is 1. The zero-order valence-corrected chi connectivity index (χ0v) is 15.4. The summed E-state index contributed by atoms with van der Waals surface area (Å²) < 4.78 is 28.8. The predicted molar refractivity (Wildman–Crippen MR) is 94.1 cm³/mol. The highest BCUT2D eigenvalue weighted by atomic mass is 32.2. The molecule has 0 radical (unpaired) electrons. The van der Waals surface area contributed by atoms with Crippen LogP contribution >= 0.6 is 11.3 Å². The van der Waals surface area contributed by atoms with Gasteiger partial charge < -0.3 is 4.90 Å². The molecule has 2 aromatic heterocycles. The quantitative estimate of drug-likeness (QED) is 0.807. The Bertz CT molecular complexity index is 842. The number of carbonyl (C=O) groups is 1. The molecular formula is C16H20N4O3S2. The van der Waals surface area contributed by atoms with E-state index in [4.69, 9.17) is 0 Å². The molecule has 0 saturated carbocycles. The number of rotatable bonds is 3.